The third-order valence-corrected chi connectivity index (χ3v) is 3.16. The maximum atomic E-state index is 12.0. The van der Waals surface area contributed by atoms with Crippen LogP contribution in [-0.4, -0.2) is 28.5 Å². The summed E-state index contributed by atoms with van der Waals surface area (Å²) in [5.41, 5.74) is 2.42. The normalized spacial score (nSPS) is 11.8. The van der Waals surface area contributed by atoms with Crippen molar-refractivity contribution in [2.75, 3.05) is 12.4 Å². The molecule has 0 aliphatic carbocycles. The molecule has 1 aromatic heterocycles. The van der Waals surface area contributed by atoms with E-state index in [1.165, 1.54) is 0 Å². The number of hydrogen-bond donors (Lipinski definition) is 3. The first kappa shape index (κ1) is 13.5. The number of nitrogens with zero attached hydrogens (tertiary/aromatic N) is 1. The average Bonchev–Trinajstić information content (AvgIpc) is 2.67. The quantitative estimate of drug-likeness (QED) is 0.789. The summed E-state index contributed by atoms with van der Waals surface area (Å²) in [6, 6.07) is 5.67. The van der Waals surface area contributed by atoms with E-state index in [1.54, 1.807) is 0 Å². The molecule has 0 atom stereocenters. The van der Waals surface area contributed by atoms with E-state index in [4.69, 9.17) is 0 Å². The molecule has 5 nitrogen and oxygen atoms in total. The van der Waals surface area contributed by atoms with Crippen molar-refractivity contribution in [2.24, 2.45) is 0 Å². The lowest BCUT2D eigenvalue weighted by Gasteiger charge is -2.23. The molecule has 0 bridgehead atoms. The van der Waals surface area contributed by atoms with Gasteiger partial charge in [-0.05, 0) is 46.0 Å². The van der Waals surface area contributed by atoms with Crippen LogP contribution in [0.25, 0.3) is 11.0 Å². The lowest BCUT2D eigenvalue weighted by atomic mass is 10.0. The van der Waals surface area contributed by atoms with E-state index < -0.39 is 0 Å². The van der Waals surface area contributed by atoms with Gasteiger partial charge in [-0.3, -0.25) is 4.79 Å². The number of anilines is 1. The predicted octanol–water partition coefficient (Wildman–Crippen LogP) is 2.20. The second kappa shape index (κ2) is 5.01. The summed E-state index contributed by atoms with van der Waals surface area (Å²) >= 11 is 0. The minimum absolute atomic E-state index is 0.00469. The molecule has 102 valence electrons. The number of H-pyrrole nitrogens is 1. The molecule has 0 radical (unpaired) electrons. The third kappa shape index (κ3) is 3.32. The van der Waals surface area contributed by atoms with Crippen molar-refractivity contribution in [1.82, 2.24) is 15.3 Å². The summed E-state index contributed by atoms with van der Waals surface area (Å²) < 4.78 is 0. The van der Waals surface area contributed by atoms with Gasteiger partial charge in [0, 0.05) is 17.6 Å². The van der Waals surface area contributed by atoms with Gasteiger partial charge >= 0.3 is 0 Å². The van der Waals surface area contributed by atoms with Gasteiger partial charge in [0.1, 0.15) is 5.82 Å². The average molecular weight is 260 g/mol. The Morgan fingerprint density at radius 1 is 1.42 bits per heavy atom. The van der Waals surface area contributed by atoms with Crippen LogP contribution in [0.2, 0.25) is 0 Å². The number of aromatic nitrogens is 2. The van der Waals surface area contributed by atoms with Crippen molar-refractivity contribution in [2.45, 2.75) is 32.7 Å². The van der Waals surface area contributed by atoms with E-state index >= 15 is 0 Å². The molecule has 0 aliphatic rings. The number of aryl methyl sites for hydroxylation is 1. The fourth-order valence-electron chi connectivity index (χ4n) is 1.91. The molecule has 2 rings (SSSR count). The number of benzene rings is 1. The van der Waals surface area contributed by atoms with Crippen molar-refractivity contribution in [3.05, 3.63) is 24.0 Å². The molecule has 1 amide bonds. The molecule has 2 aromatic rings. The van der Waals surface area contributed by atoms with Crippen LogP contribution in [-0.2, 0) is 4.79 Å². The van der Waals surface area contributed by atoms with Crippen LogP contribution in [0.5, 0.6) is 0 Å². The minimum atomic E-state index is -0.210. The van der Waals surface area contributed by atoms with E-state index in [9.17, 15) is 4.79 Å². The Hall–Kier alpha value is -1.88. The van der Waals surface area contributed by atoms with Crippen molar-refractivity contribution in [3.8, 4) is 0 Å². The molecule has 1 aromatic carbocycles. The first-order valence-electron chi connectivity index (χ1n) is 6.35. The highest BCUT2D eigenvalue weighted by atomic mass is 16.1. The Bertz CT molecular complexity index is 601. The molecule has 5 heteroatoms. The zero-order valence-electron chi connectivity index (χ0n) is 11.8. The summed E-state index contributed by atoms with van der Waals surface area (Å²) in [6.07, 6.45) is 0.420. The zero-order chi connectivity index (χ0) is 14.0. The van der Waals surface area contributed by atoms with E-state index in [1.807, 2.05) is 46.0 Å². The zero-order valence-corrected chi connectivity index (χ0v) is 11.8. The molecule has 1 heterocycles. The van der Waals surface area contributed by atoms with Crippen LogP contribution in [0.4, 0.5) is 5.69 Å². The summed E-state index contributed by atoms with van der Waals surface area (Å²) in [5.74, 6) is 0.865. The lowest BCUT2D eigenvalue weighted by Crippen LogP contribution is -2.39. The van der Waals surface area contributed by atoms with Crippen LogP contribution < -0.4 is 10.6 Å². The highest BCUT2D eigenvalue weighted by Crippen LogP contribution is 2.18. The predicted molar refractivity (Wildman–Crippen MR) is 77.2 cm³/mol. The molecule has 3 N–H and O–H groups in total. The molecule has 0 unspecified atom stereocenters. The minimum Gasteiger partial charge on any atom is -0.342 e. The number of nitrogens with one attached hydrogen (secondary N) is 3. The van der Waals surface area contributed by atoms with Crippen molar-refractivity contribution >= 4 is 22.6 Å². The molecule has 0 saturated carbocycles. The van der Waals surface area contributed by atoms with Gasteiger partial charge in [0.05, 0.1) is 11.0 Å². The Balaban J connectivity index is 2.10. The van der Waals surface area contributed by atoms with Crippen LogP contribution in [0, 0.1) is 6.92 Å². The SMILES string of the molecule is CNC(C)(C)CC(=O)Nc1ccc2nc(C)[nH]c2c1. The van der Waals surface area contributed by atoms with Crippen LogP contribution in [0.15, 0.2) is 18.2 Å². The van der Waals surface area contributed by atoms with Gasteiger partial charge < -0.3 is 15.6 Å². The second-order valence-electron chi connectivity index (χ2n) is 5.41. The van der Waals surface area contributed by atoms with E-state index in [2.05, 4.69) is 20.6 Å². The number of amides is 1. The fourth-order valence-corrected chi connectivity index (χ4v) is 1.91. The van der Waals surface area contributed by atoms with E-state index in [0.29, 0.717) is 6.42 Å². The van der Waals surface area contributed by atoms with Gasteiger partial charge in [-0.2, -0.15) is 0 Å². The highest BCUT2D eigenvalue weighted by molar-refractivity contribution is 5.93. The van der Waals surface area contributed by atoms with Crippen LogP contribution >= 0.6 is 0 Å². The number of carbonyl (C=O) groups is 1. The van der Waals surface area contributed by atoms with Crippen LogP contribution in [0.1, 0.15) is 26.1 Å². The maximum Gasteiger partial charge on any atom is 0.226 e. The Morgan fingerprint density at radius 3 is 2.84 bits per heavy atom. The summed E-state index contributed by atoms with van der Waals surface area (Å²) in [5, 5.41) is 6.02. The Morgan fingerprint density at radius 2 is 2.16 bits per heavy atom. The lowest BCUT2D eigenvalue weighted by molar-refractivity contribution is -0.117. The van der Waals surface area contributed by atoms with Gasteiger partial charge in [-0.1, -0.05) is 0 Å². The Labute approximate surface area is 112 Å². The topological polar surface area (TPSA) is 69.8 Å². The summed E-state index contributed by atoms with van der Waals surface area (Å²) in [6.45, 7) is 5.90. The van der Waals surface area contributed by atoms with Gasteiger partial charge in [0.2, 0.25) is 5.91 Å². The first-order chi connectivity index (χ1) is 8.89. The van der Waals surface area contributed by atoms with Crippen molar-refractivity contribution < 1.29 is 4.79 Å². The number of fused-ring (bicyclic) bond motifs is 1. The third-order valence-electron chi connectivity index (χ3n) is 3.16. The number of rotatable bonds is 4. The number of imidazole rings is 1. The molecule has 0 aliphatic heterocycles. The van der Waals surface area contributed by atoms with Crippen molar-refractivity contribution in [3.63, 3.8) is 0 Å². The fraction of sp³-hybridized carbons (Fsp3) is 0.429. The molecule has 0 spiro atoms. The number of aromatic amines is 1. The molecular weight excluding hydrogens is 240 g/mol. The summed E-state index contributed by atoms with van der Waals surface area (Å²) in [7, 11) is 1.85. The van der Waals surface area contributed by atoms with Crippen LogP contribution in [0.3, 0.4) is 0 Å². The highest BCUT2D eigenvalue weighted by Gasteiger charge is 2.19. The number of hydrogen-bond acceptors (Lipinski definition) is 3. The molecular formula is C14H20N4O. The standard InChI is InChI=1S/C14H20N4O/c1-9-16-11-6-5-10(7-12(11)17-9)18-13(19)8-14(2,3)15-4/h5-7,15H,8H2,1-4H3,(H,16,17)(H,18,19). The van der Waals surface area contributed by atoms with Gasteiger partial charge in [0.25, 0.3) is 0 Å². The van der Waals surface area contributed by atoms with E-state index in [-0.39, 0.29) is 11.4 Å². The van der Waals surface area contributed by atoms with E-state index in [0.717, 1.165) is 22.5 Å². The smallest absolute Gasteiger partial charge is 0.226 e. The van der Waals surface area contributed by atoms with Crippen molar-refractivity contribution in [1.29, 1.82) is 0 Å². The van der Waals surface area contributed by atoms with Gasteiger partial charge in [0.15, 0.2) is 0 Å². The maximum absolute atomic E-state index is 12.0. The molecule has 0 fully saturated rings. The van der Waals surface area contributed by atoms with Gasteiger partial charge in [-0.15, -0.1) is 0 Å². The monoisotopic (exact) mass is 260 g/mol. The first-order valence-corrected chi connectivity index (χ1v) is 6.35. The van der Waals surface area contributed by atoms with Gasteiger partial charge in [-0.25, -0.2) is 4.98 Å². The Kier molecular flexibility index (Phi) is 3.57. The second-order valence-corrected chi connectivity index (χ2v) is 5.41. The number of carbonyl (C=O) groups excluding carboxylic acids is 1. The summed E-state index contributed by atoms with van der Waals surface area (Å²) in [4.78, 5) is 19.4. The molecule has 0 saturated heterocycles. The largest absolute Gasteiger partial charge is 0.342 e. The molecule has 19 heavy (non-hydrogen) atoms.